The molecule has 0 N–H and O–H groups in total. The molecule has 0 saturated carbocycles. The molecule has 0 aromatic heterocycles. The van der Waals surface area contributed by atoms with Crippen molar-refractivity contribution in [2.24, 2.45) is 0 Å². The molecule has 11 rings (SSSR count). The van der Waals surface area contributed by atoms with Gasteiger partial charge in [-0.05, 0) is 139 Å². The van der Waals surface area contributed by atoms with Gasteiger partial charge in [-0.1, -0.05) is 137 Å². The van der Waals surface area contributed by atoms with E-state index in [2.05, 4.69) is 168 Å². The summed E-state index contributed by atoms with van der Waals surface area (Å²) in [6.45, 7) is 0. The number of rotatable bonds is 5. The SMILES string of the molecule is COc1ccc(-c2c3c4ccc(Br)c5cccc(c3c(-c3ccc(OC)cc3)c3c6ccc(-c7cccc8ccccc78)c7cccc(c23)c76)c54)cc1. The topological polar surface area (TPSA) is 18.5 Å². The van der Waals surface area contributed by atoms with Crippen LogP contribution < -0.4 is 9.47 Å². The number of halogens is 1. The minimum Gasteiger partial charge on any atom is -0.497 e. The van der Waals surface area contributed by atoms with Gasteiger partial charge in [0.05, 0.1) is 14.2 Å². The van der Waals surface area contributed by atoms with E-state index in [4.69, 9.17) is 9.47 Å². The van der Waals surface area contributed by atoms with Gasteiger partial charge in [-0.15, -0.1) is 0 Å². The molecule has 0 heterocycles. The fraction of sp³-hybridized carbons (Fsp3) is 0.0400. The van der Waals surface area contributed by atoms with E-state index in [1.54, 1.807) is 14.2 Å². The lowest BCUT2D eigenvalue weighted by atomic mass is 9.87. The van der Waals surface area contributed by atoms with E-state index >= 15 is 0 Å². The Kier molecular flexibility index (Phi) is 6.56. The molecule has 11 aromatic rings. The summed E-state index contributed by atoms with van der Waals surface area (Å²) in [7, 11) is 3.46. The molecule has 0 amide bonds. The van der Waals surface area contributed by atoms with Crippen molar-refractivity contribution < 1.29 is 9.47 Å². The second-order valence-electron chi connectivity index (χ2n) is 13.9. The van der Waals surface area contributed by atoms with E-state index in [0.717, 1.165) is 16.0 Å². The Morgan fingerprint density at radius 2 is 0.774 bits per heavy atom. The van der Waals surface area contributed by atoms with Gasteiger partial charge in [-0.3, -0.25) is 0 Å². The highest BCUT2D eigenvalue weighted by atomic mass is 79.9. The average Bonchev–Trinajstić information content (AvgIpc) is 3.73. The number of benzene rings is 9. The largest absolute Gasteiger partial charge is 0.497 e. The number of hydrogen-bond acceptors (Lipinski definition) is 2. The summed E-state index contributed by atoms with van der Waals surface area (Å²) in [5.74, 6) is 1.69. The van der Waals surface area contributed by atoms with Gasteiger partial charge in [0.2, 0.25) is 0 Å². The molecule has 3 heteroatoms. The van der Waals surface area contributed by atoms with Gasteiger partial charge in [0.15, 0.2) is 0 Å². The molecule has 0 aliphatic heterocycles. The average molecular weight is 744 g/mol. The van der Waals surface area contributed by atoms with Crippen LogP contribution in [0.5, 0.6) is 11.5 Å². The number of fused-ring (bicyclic) bond motifs is 7. The molecule has 0 saturated heterocycles. The van der Waals surface area contributed by atoms with Gasteiger partial charge in [0, 0.05) is 4.47 Å². The minimum atomic E-state index is 0.844. The van der Waals surface area contributed by atoms with Crippen LogP contribution in [0.4, 0.5) is 0 Å². The van der Waals surface area contributed by atoms with Crippen LogP contribution in [0.25, 0.3) is 109 Å². The van der Waals surface area contributed by atoms with Crippen LogP contribution in [0.15, 0.2) is 156 Å². The molecule has 11 aromatic carbocycles. The quantitative estimate of drug-likeness (QED) is 0.175. The lowest BCUT2D eigenvalue weighted by Gasteiger charge is -2.16. The fourth-order valence-electron chi connectivity index (χ4n) is 9.23. The Bertz CT molecular complexity index is 3120. The molecular weight excluding hydrogens is 712 g/mol. The molecule has 0 spiro atoms. The van der Waals surface area contributed by atoms with Gasteiger partial charge < -0.3 is 9.47 Å². The summed E-state index contributed by atoms with van der Waals surface area (Å²) in [6, 6.07) is 55.5. The van der Waals surface area contributed by atoms with Crippen molar-refractivity contribution in [3.63, 3.8) is 0 Å². The van der Waals surface area contributed by atoms with E-state index in [1.807, 2.05) is 0 Å². The number of hydrogen-bond donors (Lipinski definition) is 0. The number of ether oxygens (including phenoxy) is 2. The number of methoxy groups -OCH3 is 2. The maximum Gasteiger partial charge on any atom is 0.118 e. The smallest absolute Gasteiger partial charge is 0.118 e. The van der Waals surface area contributed by atoms with Gasteiger partial charge >= 0.3 is 0 Å². The molecule has 0 atom stereocenters. The monoisotopic (exact) mass is 742 g/mol. The second kappa shape index (κ2) is 11.4. The van der Waals surface area contributed by atoms with E-state index in [9.17, 15) is 0 Å². The zero-order chi connectivity index (χ0) is 35.4. The minimum absolute atomic E-state index is 0.844. The first kappa shape index (κ1) is 30.5. The van der Waals surface area contributed by atoms with E-state index in [0.29, 0.717) is 0 Å². The van der Waals surface area contributed by atoms with Crippen molar-refractivity contribution in [1.29, 1.82) is 0 Å². The lowest BCUT2D eigenvalue weighted by molar-refractivity contribution is 0.415. The molecule has 0 aliphatic rings. The molecule has 250 valence electrons. The van der Waals surface area contributed by atoms with Crippen LogP contribution in [0, 0.1) is 0 Å². The Morgan fingerprint density at radius 3 is 1.38 bits per heavy atom. The zero-order valence-corrected chi connectivity index (χ0v) is 30.7. The Morgan fingerprint density at radius 1 is 0.340 bits per heavy atom. The predicted molar refractivity (Wildman–Crippen MR) is 228 cm³/mol. The summed E-state index contributed by atoms with van der Waals surface area (Å²) in [5.41, 5.74) is 7.35. The summed E-state index contributed by atoms with van der Waals surface area (Å²) in [6.07, 6.45) is 0. The van der Waals surface area contributed by atoms with Crippen LogP contribution in [-0.2, 0) is 0 Å². The third kappa shape index (κ3) is 4.20. The first-order chi connectivity index (χ1) is 26.1. The van der Waals surface area contributed by atoms with E-state index < -0.39 is 0 Å². The van der Waals surface area contributed by atoms with Crippen molar-refractivity contribution in [2.45, 2.75) is 0 Å². The predicted octanol–water partition coefficient (Wildman–Crippen LogP) is 14.4. The molecule has 0 radical (unpaired) electrons. The van der Waals surface area contributed by atoms with Gasteiger partial charge in [0.1, 0.15) is 11.5 Å². The van der Waals surface area contributed by atoms with Gasteiger partial charge in [-0.25, -0.2) is 0 Å². The molecule has 0 fully saturated rings. The maximum absolute atomic E-state index is 5.66. The van der Waals surface area contributed by atoms with Crippen molar-refractivity contribution in [1.82, 2.24) is 0 Å². The summed E-state index contributed by atoms with van der Waals surface area (Å²) in [4.78, 5) is 0. The fourth-order valence-corrected chi connectivity index (χ4v) is 9.69. The van der Waals surface area contributed by atoms with Gasteiger partial charge in [-0.2, -0.15) is 0 Å². The highest BCUT2D eigenvalue weighted by Gasteiger charge is 2.28. The molecule has 53 heavy (non-hydrogen) atoms. The van der Waals surface area contributed by atoms with Crippen LogP contribution in [0.2, 0.25) is 0 Å². The maximum atomic E-state index is 5.66. The molecule has 2 nitrogen and oxygen atoms in total. The Labute approximate surface area is 314 Å². The van der Waals surface area contributed by atoms with Crippen molar-refractivity contribution in [2.75, 3.05) is 14.2 Å². The molecular formula is C50H31BrO2. The van der Waals surface area contributed by atoms with Crippen molar-refractivity contribution in [3.05, 3.63) is 156 Å². The highest BCUT2D eigenvalue weighted by Crippen LogP contribution is 2.56. The zero-order valence-electron chi connectivity index (χ0n) is 29.1. The lowest BCUT2D eigenvalue weighted by Crippen LogP contribution is -1.89. The molecule has 0 unspecified atom stereocenters. The van der Waals surface area contributed by atoms with Crippen LogP contribution in [-0.4, -0.2) is 14.2 Å². The standard InChI is InChI=1S/C50H31BrO2/c1-52-31-20-16-29(17-21-31)43-47-38-14-6-12-36-35(34-11-5-9-28-8-3-4-10-33(28)34)24-25-40(45(36)38)49(47)44(30-18-22-32(53-2)23-19-30)48-39-15-7-13-37-42(51)27-26-41(46(37)39)50(43)48/h3-27H,1-2H3. The van der Waals surface area contributed by atoms with E-state index in [-0.39, 0.29) is 0 Å². The van der Waals surface area contributed by atoms with Crippen LogP contribution in [0.1, 0.15) is 0 Å². The van der Waals surface area contributed by atoms with E-state index in [1.165, 1.54) is 109 Å². The Hall–Kier alpha value is -6.16. The van der Waals surface area contributed by atoms with Crippen molar-refractivity contribution >= 4 is 91.3 Å². The normalized spacial score (nSPS) is 12.1. The summed E-state index contributed by atoms with van der Waals surface area (Å²) in [5, 5.41) is 17.7. The summed E-state index contributed by atoms with van der Waals surface area (Å²) < 4.78 is 12.4. The van der Waals surface area contributed by atoms with Crippen LogP contribution >= 0.6 is 15.9 Å². The highest BCUT2D eigenvalue weighted by molar-refractivity contribution is 9.10. The summed E-state index contributed by atoms with van der Waals surface area (Å²) >= 11 is 3.90. The van der Waals surface area contributed by atoms with Crippen LogP contribution in [0.3, 0.4) is 0 Å². The molecule has 0 bridgehead atoms. The molecule has 0 aliphatic carbocycles. The third-order valence-electron chi connectivity index (χ3n) is 11.4. The third-order valence-corrected chi connectivity index (χ3v) is 12.1. The first-order valence-corrected chi connectivity index (χ1v) is 18.7. The Balaban J connectivity index is 1.41. The van der Waals surface area contributed by atoms with Crippen molar-refractivity contribution in [3.8, 4) is 44.9 Å². The van der Waals surface area contributed by atoms with Gasteiger partial charge in [0.25, 0.3) is 0 Å². The second-order valence-corrected chi connectivity index (χ2v) is 14.8. The first-order valence-electron chi connectivity index (χ1n) is 17.9.